The Hall–Kier alpha value is 0.790. The number of rotatable bonds is 7. The second-order valence-electron chi connectivity index (χ2n) is 3.70. The van der Waals surface area contributed by atoms with Crippen LogP contribution in [0.2, 0.25) is 4.18 Å². The molecule has 2 nitrogen and oxygen atoms in total. The van der Waals surface area contributed by atoms with E-state index in [0.717, 1.165) is 5.92 Å². The summed E-state index contributed by atoms with van der Waals surface area (Å²) in [5.74, 6) is 0.911. The maximum absolute atomic E-state index is 2.32. The van der Waals surface area contributed by atoms with Crippen LogP contribution in [0.1, 0.15) is 52.4 Å². The summed E-state index contributed by atoms with van der Waals surface area (Å²) in [6, 6.07) is 0. The smallest absolute Gasteiger partial charge is 0.870 e. The third-order valence-corrected chi connectivity index (χ3v) is 3.23. The molecule has 0 aliphatic heterocycles. The van der Waals surface area contributed by atoms with Crippen LogP contribution in [-0.4, -0.2) is 11.0 Å². The summed E-state index contributed by atoms with van der Waals surface area (Å²) in [6.45, 7) is 4.63. The quantitative estimate of drug-likeness (QED) is 0.518. The summed E-state index contributed by atoms with van der Waals surface area (Å²) in [5.41, 5.74) is 0. The van der Waals surface area contributed by atoms with Crippen LogP contribution in [0.4, 0.5) is 0 Å². The molecule has 0 saturated carbocycles. The van der Waals surface area contributed by atoms with Crippen LogP contribution in [-0.2, 0) is 24.4 Å². The number of hydrogen-bond donors (Lipinski definition) is 0. The summed E-state index contributed by atoms with van der Waals surface area (Å²) >= 11 is 1.41. The summed E-state index contributed by atoms with van der Waals surface area (Å²) < 4.78 is 1.50. The first-order valence-corrected chi connectivity index (χ1v) is 7.46. The molecule has 0 unspecified atom stereocenters. The minimum absolute atomic E-state index is 0. The second kappa shape index (κ2) is 15.3. The molecule has 0 atom stereocenters. The van der Waals surface area contributed by atoms with Gasteiger partial charge in [-0.05, 0) is 0 Å². The van der Waals surface area contributed by atoms with Gasteiger partial charge in [0, 0.05) is 0 Å². The first kappa shape index (κ1) is 19.4. The van der Waals surface area contributed by atoms with E-state index in [1.165, 1.54) is 67.1 Å². The Morgan fingerprint density at radius 2 is 1.31 bits per heavy atom. The monoisotopic (exact) mass is 355 g/mol. The van der Waals surface area contributed by atoms with Crippen molar-refractivity contribution in [2.24, 2.45) is 5.92 Å². The van der Waals surface area contributed by atoms with E-state index in [0.29, 0.717) is 0 Å². The molecule has 0 aromatic carbocycles. The van der Waals surface area contributed by atoms with Crippen molar-refractivity contribution >= 4 is 0 Å². The molecule has 0 heterocycles. The zero-order valence-corrected chi connectivity index (χ0v) is 12.5. The third kappa shape index (κ3) is 19.3. The van der Waals surface area contributed by atoms with Gasteiger partial charge >= 0.3 is 86.8 Å². The fourth-order valence-corrected chi connectivity index (χ4v) is 2.11. The van der Waals surface area contributed by atoms with Gasteiger partial charge in [0.1, 0.15) is 0 Å². The average Bonchev–Trinajstić information content (AvgIpc) is 1.96. The summed E-state index contributed by atoms with van der Waals surface area (Å²) in [7, 11) is 0. The van der Waals surface area contributed by atoms with Crippen molar-refractivity contribution in [3.63, 3.8) is 0 Å². The molecule has 0 amide bonds. The molecule has 13 heavy (non-hydrogen) atoms. The van der Waals surface area contributed by atoms with Gasteiger partial charge in [0.2, 0.25) is 0 Å². The first-order valence-electron chi connectivity index (χ1n) is 4.92. The largest absolute Gasteiger partial charge is 0.870 e. The van der Waals surface area contributed by atoms with Gasteiger partial charge in [-0.1, -0.05) is 0 Å². The Kier molecular flexibility index (Phi) is 22.8. The minimum Gasteiger partial charge on any atom is -0.870 e. The SMILES string of the molecule is CC(C)CCCCCC[CH2][Hf+2].[OH-].[OH-]. The van der Waals surface area contributed by atoms with Crippen molar-refractivity contribution in [1.82, 2.24) is 0 Å². The molecule has 0 aromatic heterocycles. The van der Waals surface area contributed by atoms with Crippen LogP contribution >= 0.6 is 0 Å². The Morgan fingerprint density at radius 3 is 1.77 bits per heavy atom. The molecule has 0 bridgehead atoms. The maximum atomic E-state index is 2.32. The first-order chi connectivity index (χ1) is 5.27. The van der Waals surface area contributed by atoms with Crippen LogP contribution in [0.25, 0.3) is 0 Å². The number of unbranched alkanes of at least 4 members (excludes halogenated alkanes) is 4. The van der Waals surface area contributed by atoms with Gasteiger partial charge < -0.3 is 11.0 Å². The topological polar surface area (TPSA) is 60.0 Å². The Balaban J connectivity index is -0.000000500. The molecule has 2 N–H and O–H groups in total. The molecule has 0 spiro atoms. The van der Waals surface area contributed by atoms with E-state index in [9.17, 15) is 0 Å². The van der Waals surface area contributed by atoms with Crippen molar-refractivity contribution in [2.75, 3.05) is 0 Å². The van der Waals surface area contributed by atoms with E-state index >= 15 is 0 Å². The van der Waals surface area contributed by atoms with Crippen molar-refractivity contribution < 1.29 is 35.3 Å². The van der Waals surface area contributed by atoms with Gasteiger partial charge in [-0.3, -0.25) is 0 Å². The minimum atomic E-state index is 0. The van der Waals surface area contributed by atoms with Gasteiger partial charge in [0.15, 0.2) is 0 Å². The van der Waals surface area contributed by atoms with Crippen molar-refractivity contribution in [2.45, 2.75) is 56.5 Å². The Bertz CT molecular complexity index is 77.3. The van der Waals surface area contributed by atoms with E-state index in [4.69, 9.17) is 0 Å². The van der Waals surface area contributed by atoms with Crippen LogP contribution in [0.5, 0.6) is 0 Å². The van der Waals surface area contributed by atoms with Crippen LogP contribution < -0.4 is 0 Å². The summed E-state index contributed by atoms with van der Waals surface area (Å²) in [5, 5.41) is 0. The molecule has 0 aliphatic rings. The van der Waals surface area contributed by atoms with Crippen LogP contribution in [0, 0.1) is 5.92 Å². The number of hydrogen-bond acceptors (Lipinski definition) is 2. The molecule has 79 valence electrons. The predicted octanol–water partition coefficient (Wildman–Crippen LogP) is 3.59. The molecule has 3 heteroatoms. The van der Waals surface area contributed by atoms with E-state index in [1.54, 1.807) is 0 Å². The maximum Gasteiger partial charge on any atom is -0.870 e. The van der Waals surface area contributed by atoms with Gasteiger partial charge in [0.25, 0.3) is 0 Å². The normalized spacial score (nSPS) is 9.31. The second-order valence-corrected chi connectivity index (χ2v) is 5.50. The van der Waals surface area contributed by atoms with Gasteiger partial charge in [-0.15, -0.1) is 0 Å². The molecule has 0 radical (unpaired) electrons. The molecule has 0 fully saturated rings. The summed E-state index contributed by atoms with van der Waals surface area (Å²) in [4.78, 5) is 0. The van der Waals surface area contributed by atoms with Gasteiger partial charge in [-0.25, -0.2) is 0 Å². The van der Waals surface area contributed by atoms with Crippen molar-refractivity contribution in [3.8, 4) is 0 Å². The zero-order valence-electron chi connectivity index (χ0n) is 8.92. The third-order valence-electron chi connectivity index (χ3n) is 1.96. The van der Waals surface area contributed by atoms with E-state index in [1.807, 2.05) is 0 Å². The van der Waals surface area contributed by atoms with Crippen LogP contribution in [0.3, 0.4) is 0 Å². The standard InChI is InChI=1S/C10H21.Hf.2H2O/c1-4-5-6-7-8-9-10(2)3;;;/h10H,1,4-9H2,2-3H3;;2*1H2/q;+2;;/p-2. The zero-order chi connectivity index (χ0) is 8.53. The van der Waals surface area contributed by atoms with Crippen molar-refractivity contribution in [1.29, 1.82) is 0 Å². The molecule has 0 aromatic rings. The molecular weight excluding hydrogens is 331 g/mol. The predicted molar refractivity (Wildman–Crippen MR) is 51.2 cm³/mol. The van der Waals surface area contributed by atoms with Crippen molar-refractivity contribution in [3.05, 3.63) is 0 Å². The van der Waals surface area contributed by atoms with Gasteiger partial charge in [-0.2, -0.15) is 0 Å². The van der Waals surface area contributed by atoms with E-state index in [2.05, 4.69) is 13.8 Å². The Labute approximate surface area is 97.7 Å². The molecular formula is C10H23HfO2. The Morgan fingerprint density at radius 1 is 0.846 bits per heavy atom. The fourth-order valence-electron chi connectivity index (χ4n) is 1.21. The average molecular weight is 354 g/mol. The van der Waals surface area contributed by atoms with Gasteiger partial charge in [0.05, 0.1) is 0 Å². The van der Waals surface area contributed by atoms with E-state index in [-0.39, 0.29) is 11.0 Å². The molecule has 0 aliphatic carbocycles. The summed E-state index contributed by atoms with van der Waals surface area (Å²) in [6.07, 6.45) is 8.82. The fraction of sp³-hybridized carbons (Fsp3) is 1.00. The van der Waals surface area contributed by atoms with Crippen LogP contribution in [0.15, 0.2) is 0 Å². The molecule has 0 rings (SSSR count). The molecule has 0 saturated heterocycles. The van der Waals surface area contributed by atoms with E-state index < -0.39 is 0 Å².